The minimum absolute atomic E-state index is 0.217. The van der Waals surface area contributed by atoms with Crippen LogP contribution >= 0.6 is 0 Å². The van der Waals surface area contributed by atoms with E-state index in [4.69, 9.17) is 15.7 Å². The van der Waals surface area contributed by atoms with E-state index >= 15 is 0 Å². The Labute approximate surface area is 123 Å². The van der Waals surface area contributed by atoms with Crippen LogP contribution in [0.1, 0.15) is 22.3 Å². The van der Waals surface area contributed by atoms with Gasteiger partial charge in [-0.15, -0.1) is 0 Å². The van der Waals surface area contributed by atoms with Crippen LogP contribution in [0.5, 0.6) is 5.75 Å². The lowest BCUT2D eigenvalue weighted by Gasteiger charge is -2.14. The molecule has 0 aliphatic carbocycles. The predicted molar refractivity (Wildman–Crippen MR) is 79.4 cm³/mol. The average molecular weight is 284 g/mol. The molecule has 2 aromatic carbocycles. The summed E-state index contributed by atoms with van der Waals surface area (Å²) in [7, 11) is 0. The lowest BCUT2D eigenvalue weighted by atomic mass is 10.1. The number of nitrogens with zero attached hydrogens (tertiary/aromatic N) is 1. The molecule has 0 amide bonds. The van der Waals surface area contributed by atoms with Gasteiger partial charge in [0.25, 0.3) is 0 Å². The highest BCUT2D eigenvalue weighted by Crippen LogP contribution is 2.25. The van der Waals surface area contributed by atoms with Crippen molar-refractivity contribution >= 4 is 0 Å². The summed E-state index contributed by atoms with van der Waals surface area (Å²) in [4.78, 5) is 0. The zero-order valence-corrected chi connectivity index (χ0v) is 11.9. The first-order chi connectivity index (χ1) is 10.1. The minimum atomic E-state index is -0.431. The number of rotatable bonds is 5. The fourth-order valence-corrected chi connectivity index (χ4v) is 2.23. The lowest BCUT2D eigenvalue weighted by molar-refractivity contribution is 0.300. The summed E-state index contributed by atoms with van der Waals surface area (Å²) in [5, 5.41) is 8.86. The van der Waals surface area contributed by atoms with Crippen molar-refractivity contribution in [3.8, 4) is 11.8 Å². The summed E-state index contributed by atoms with van der Waals surface area (Å²) >= 11 is 0. The van der Waals surface area contributed by atoms with Crippen LogP contribution in [0.3, 0.4) is 0 Å². The Bertz CT molecular complexity index is 677. The van der Waals surface area contributed by atoms with E-state index in [0.717, 1.165) is 23.3 Å². The number of benzene rings is 2. The summed E-state index contributed by atoms with van der Waals surface area (Å²) in [6.07, 6.45) is 0.726. The van der Waals surface area contributed by atoms with E-state index in [0.29, 0.717) is 17.7 Å². The van der Waals surface area contributed by atoms with Crippen molar-refractivity contribution in [2.75, 3.05) is 6.54 Å². The van der Waals surface area contributed by atoms with Crippen LogP contribution in [0, 0.1) is 24.1 Å². The summed E-state index contributed by atoms with van der Waals surface area (Å²) in [5.41, 5.74) is 8.58. The number of hydrogen-bond donors (Lipinski definition) is 1. The molecule has 21 heavy (non-hydrogen) atoms. The summed E-state index contributed by atoms with van der Waals surface area (Å²) in [5.74, 6) is 0.352. The van der Waals surface area contributed by atoms with Crippen molar-refractivity contribution in [1.82, 2.24) is 0 Å². The van der Waals surface area contributed by atoms with Gasteiger partial charge in [0.15, 0.2) is 0 Å². The topological polar surface area (TPSA) is 59.0 Å². The van der Waals surface area contributed by atoms with Gasteiger partial charge < -0.3 is 10.5 Å². The van der Waals surface area contributed by atoms with Crippen LogP contribution in [0.2, 0.25) is 0 Å². The first-order valence-electron chi connectivity index (χ1n) is 6.75. The molecule has 0 saturated heterocycles. The second-order valence-corrected chi connectivity index (χ2v) is 4.85. The monoisotopic (exact) mass is 284 g/mol. The van der Waals surface area contributed by atoms with Gasteiger partial charge in [-0.3, -0.25) is 0 Å². The van der Waals surface area contributed by atoms with E-state index in [1.165, 1.54) is 12.1 Å². The number of para-hydroxylation sites is 1. The molecule has 3 nitrogen and oxygen atoms in total. The molecule has 0 radical (unpaired) electrons. The molecule has 0 heterocycles. The van der Waals surface area contributed by atoms with Crippen LogP contribution in [-0.4, -0.2) is 6.54 Å². The SMILES string of the molecule is Cc1cccc(CCN)c1OCc1cc(F)cc(C#N)c1. The Balaban J connectivity index is 2.20. The fourth-order valence-electron chi connectivity index (χ4n) is 2.23. The summed E-state index contributed by atoms with van der Waals surface area (Å²) in [6, 6.07) is 12.0. The molecule has 0 saturated carbocycles. The fraction of sp³-hybridized carbons (Fsp3) is 0.235. The van der Waals surface area contributed by atoms with Crippen LogP contribution < -0.4 is 10.5 Å². The van der Waals surface area contributed by atoms with Crippen molar-refractivity contribution in [3.05, 3.63) is 64.5 Å². The van der Waals surface area contributed by atoms with Gasteiger partial charge in [-0.25, -0.2) is 4.39 Å². The lowest BCUT2D eigenvalue weighted by Crippen LogP contribution is -2.06. The first kappa shape index (κ1) is 15.0. The zero-order chi connectivity index (χ0) is 15.2. The van der Waals surface area contributed by atoms with E-state index in [1.807, 2.05) is 31.2 Å². The minimum Gasteiger partial charge on any atom is -0.488 e. The number of halogens is 1. The van der Waals surface area contributed by atoms with Gasteiger partial charge >= 0.3 is 0 Å². The third-order valence-corrected chi connectivity index (χ3v) is 3.18. The van der Waals surface area contributed by atoms with Crippen molar-refractivity contribution in [3.63, 3.8) is 0 Å². The summed E-state index contributed by atoms with van der Waals surface area (Å²) < 4.78 is 19.2. The van der Waals surface area contributed by atoms with Crippen molar-refractivity contribution in [1.29, 1.82) is 5.26 Å². The quantitative estimate of drug-likeness (QED) is 0.917. The van der Waals surface area contributed by atoms with Crippen molar-refractivity contribution in [2.24, 2.45) is 5.73 Å². The molecule has 2 N–H and O–H groups in total. The molecule has 0 aliphatic rings. The van der Waals surface area contributed by atoms with Crippen molar-refractivity contribution < 1.29 is 9.13 Å². The largest absolute Gasteiger partial charge is 0.488 e. The number of aryl methyl sites for hydroxylation is 1. The van der Waals surface area contributed by atoms with E-state index in [1.54, 1.807) is 6.07 Å². The van der Waals surface area contributed by atoms with Gasteiger partial charge in [0, 0.05) is 0 Å². The van der Waals surface area contributed by atoms with Gasteiger partial charge in [0.1, 0.15) is 18.2 Å². The first-order valence-corrected chi connectivity index (χ1v) is 6.75. The molecule has 0 fully saturated rings. The molecule has 2 aromatic rings. The Kier molecular flexibility index (Phi) is 4.91. The van der Waals surface area contributed by atoms with Gasteiger partial charge in [-0.05, 0) is 54.8 Å². The molecule has 0 unspecified atom stereocenters. The Morgan fingerprint density at radius 2 is 2.10 bits per heavy atom. The number of nitrogens with two attached hydrogens (primary N) is 1. The molecule has 4 heteroatoms. The smallest absolute Gasteiger partial charge is 0.125 e. The predicted octanol–water partition coefficient (Wildman–Crippen LogP) is 3.09. The number of ether oxygens (including phenoxy) is 1. The molecule has 0 bridgehead atoms. The maximum absolute atomic E-state index is 13.4. The van der Waals surface area contributed by atoms with Crippen LogP contribution in [0.4, 0.5) is 4.39 Å². The van der Waals surface area contributed by atoms with Crippen LogP contribution in [0.15, 0.2) is 36.4 Å². The molecule has 0 spiro atoms. The third-order valence-electron chi connectivity index (χ3n) is 3.18. The highest BCUT2D eigenvalue weighted by molar-refractivity contribution is 5.41. The van der Waals surface area contributed by atoms with E-state index in [-0.39, 0.29) is 6.61 Å². The maximum atomic E-state index is 13.4. The van der Waals surface area contributed by atoms with Crippen molar-refractivity contribution in [2.45, 2.75) is 20.0 Å². The zero-order valence-electron chi connectivity index (χ0n) is 11.9. The van der Waals surface area contributed by atoms with Crippen LogP contribution in [-0.2, 0) is 13.0 Å². The molecule has 0 atom stereocenters. The highest BCUT2D eigenvalue weighted by atomic mass is 19.1. The highest BCUT2D eigenvalue weighted by Gasteiger charge is 2.08. The van der Waals surface area contributed by atoms with Gasteiger partial charge in [-0.2, -0.15) is 5.26 Å². The van der Waals surface area contributed by atoms with Gasteiger partial charge in [-0.1, -0.05) is 18.2 Å². The molecular weight excluding hydrogens is 267 g/mol. The molecule has 0 aromatic heterocycles. The Hall–Kier alpha value is -2.38. The number of hydrogen-bond acceptors (Lipinski definition) is 3. The standard InChI is InChI=1S/C17H17FN2O/c1-12-3-2-4-15(5-6-19)17(12)21-11-14-7-13(10-20)8-16(18)9-14/h2-4,7-9H,5-6,11,19H2,1H3. The van der Waals surface area contributed by atoms with E-state index in [2.05, 4.69) is 0 Å². The summed E-state index contributed by atoms with van der Waals surface area (Å²) in [6.45, 7) is 2.72. The Morgan fingerprint density at radius 3 is 2.81 bits per heavy atom. The molecular formula is C17H17FN2O. The molecule has 2 rings (SSSR count). The van der Waals surface area contributed by atoms with E-state index in [9.17, 15) is 4.39 Å². The van der Waals surface area contributed by atoms with Gasteiger partial charge in [0.05, 0.1) is 11.6 Å². The average Bonchev–Trinajstić information content (AvgIpc) is 2.46. The second-order valence-electron chi connectivity index (χ2n) is 4.85. The molecule has 0 aliphatic heterocycles. The van der Waals surface area contributed by atoms with E-state index < -0.39 is 5.82 Å². The van der Waals surface area contributed by atoms with Crippen LogP contribution in [0.25, 0.3) is 0 Å². The Morgan fingerprint density at radius 1 is 1.29 bits per heavy atom. The van der Waals surface area contributed by atoms with Gasteiger partial charge in [0.2, 0.25) is 0 Å². The third kappa shape index (κ3) is 3.80. The maximum Gasteiger partial charge on any atom is 0.125 e. The second kappa shape index (κ2) is 6.87. The number of nitriles is 1. The molecule has 108 valence electrons. The normalized spacial score (nSPS) is 10.2.